The van der Waals surface area contributed by atoms with Crippen LogP contribution in [0.4, 0.5) is 0 Å². The zero-order chi connectivity index (χ0) is 12.8. The first-order chi connectivity index (χ1) is 8.77. The lowest BCUT2D eigenvalue weighted by molar-refractivity contribution is -0.132. The second-order valence-electron chi connectivity index (χ2n) is 3.51. The van der Waals surface area contributed by atoms with Crippen LogP contribution in [0.2, 0.25) is 0 Å². The summed E-state index contributed by atoms with van der Waals surface area (Å²) in [5.74, 6) is -1.23. The number of nitrogens with zero attached hydrogens (tertiary/aromatic N) is 2. The summed E-state index contributed by atoms with van der Waals surface area (Å²) >= 11 is 0. The molecule has 0 N–H and O–H groups in total. The fourth-order valence-corrected chi connectivity index (χ4v) is 1.39. The van der Waals surface area contributed by atoms with E-state index in [1.807, 2.05) is 18.2 Å². The van der Waals surface area contributed by atoms with Crippen LogP contribution in [0.3, 0.4) is 0 Å². The van der Waals surface area contributed by atoms with E-state index in [0.717, 1.165) is 0 Å². The summed E-state index contributed by atoms with van der Waals surface area (Å²) in [6.45, 7) is 0. The van der Waals surface area contributed by atoms with Crippen LogP contribution >= 0.6 is 0 Å². The first-order valence-corrected chi connectivity index (χ1v) is 5.36. The zero-order valence-electron chi connectivity index (χ0n) is 9.48. The van der Waals surface area contributed by atoms with Crippen LogP contribution in [-0.4, -0.2) is 16.7 Å². The summed E-state index contributed by atoms with van der Waals surface area (Å²) in [5, 5.41) is 1.28. The van der Waals surface area contributed by atoms with E-state index >= 15 is 0 Å². The molecule has 0 atom stereocenters. The van der Waals surface area contributed by atoms with Gasteiger partial charge in [-0.15, -0.1) is 0 Å². The average Bonchev–Trinajstić information content (AvgIpc) is 2.43. The van der Waals surface area contributed by atoms with Gasteiger partial charge in [-0.25, -0.2) is 4.99 Å². The Morgan fingerprint density at radius 3 is 2.17 bits per heavy atom. The molecule has 3 rings (SSSR count). The molecule has 0 radical (unpaired) electrons. The van der Waals surface area contributed by atoms with Crippen molar-refractivity contribution in [1.82, 2.24) is 4.98 Å². The molecule has 0 saturated heterocycles. The molecule has 1 aliphatic heterocycles. The van der Waals surface area contributed by atoms with Crippen molar-refractivity contribution in [3.8, 4) is 0 Å². The molecule has 0 saturated carbocycles. The molecule has 0 bridgehead atoms. The van der Waals surface area contributed by atoms with Gasteiger partial charge in [0.05, 0.1) is 5.36 Å². The predicted molar refractivity (Wildman–Crippen MR) is 65.9 cm³/mol. The number of fused-ring (bicyclic) bond motifs is 1. The van der Waals surface area contributed by atoms with Crippen molar-refractivity contribution >= 4 is 17.8 Å². The SMILES string of the molecule is O=C1C=c2ccccc2=NC1=O.c1ccncc1. The first kappa shape index (κ1) is 11.9. The van der Waals surface area contributed by atoms with Gasteiger partial charge < -0.3 is 0 Å². The molecule has 1 aromatic carbocycles. The van der Waals surface area contributed by atoms with Crippen LogP contribution in [-0.2, 0) is 9.59 Å². The molecule has 0 unspecified atom stereocenters. The summed E-state index contributed by atoms with van der Waals surface area (Å²) in [6.07, 6.45) is 4.81. The lowest BCUT2D eigenvalue weighted by atomic mass is 10.2. The van der Waals surface area contributed by atoms with Gasteiger partial charge in [-0.2, -0.15) is 0 Å². The minimum absolute atomic E-state index is 0.547. The number of rotatable bonds is 0. The molecule has 0 fully saturated rings. The van der Waals surface area contributed by atoms with E-state index < -0.39 is 11.7 Å². The largest absolute Gasteiger partial charge is 0.317 e. The number of hydrogen-bond acceptors (Lipinski definition) is 3. The van der Waals surface area contributed by atoms with E-state index in [0.29, 0.717) is 10.6 Å². The molecule has 4 heteroatoms. The number of carbonyl (C=O) groups excluding carboxylic acids is 2. The van der Waals surface area contributed by atoms with Crippen molar-refractivity contribution in [3.05, 3.63) is 65.4 Å². The maximum absolute atomic E-state index is 10.9. The Morgan fingerprint density at radius 2 is 1.56 bits per heavy atom. The number of aromatic nitrogens is 1. The van der Waals surface area contributed by atoms with Gasteiger partial charge in [-0.05, 0) is 18.2 Å². The molecular formula is C14H10N2O2. The van der Waals surface area contributed by atoms with Crippen molar-refractivity contribution in [2.75, 3.05) is 0 Å². The van der Waals surface area contributed by atoms with Gasteiger partial charge in [0.15, 0.2) is 0 Å². The topological polar surface area (TPSA) is 59.4 Å². The van der Waals surface area contributed by atoms with Gasteiger partial charge in [-0.3, -0.25) is 14.6 Å². The predicted octanol–water partition coefficient (Wildman–Crippen LogP) is 0.278. The van der Waals surface area contributed by atoms with E-state index in [2.05, 4.69) is 9.98 Å². The Balaban J connectivity index is 0.000000169. The van der Waals surface area contributed by atoms with Crippen molar-refractivity contribution in [2.45, 2.75) is 0 Å². The van der Waals surface area contributed by atoms with Gasteiger partial charge in [-0.1, -0.05) is 24.3 Å². The third-order valence-corrected chi connectivity index (χ3v) is 2.22. The van der Waals surface area contributed by atoms with Gasteiger partial charge in [0.1, 0.15) is 0 Å². The molecule has 18 heavy (non-hydrogen) atoms. The number of amides is 1. The van der Waals surface area contributed by atoms with E-state index in [1.165, 1.54) is 6.08 Å². The average molecular weight is 238 g/mol. The summed E-state index contributed by atoms with van der Waals surface area (Å²) in [5.41, 5.74) is 0. The Kier molecular flexibility index (Phi) is 3.71. The maximum atomic E-state index is 10.9. The second kappa shape index (κ2) is 5.63. The number of ketones is 1. The molecule has 0 aliphatic carbocycles. The molecule has 4 nitrogen and oxygen atoms in total. The van der Waals surface area contributed by atoms with Gasteiger partial charge in [0, 0.05) is 23.7 Å². The van der Waals surface area contributed by atoms with Crippen LogP contribution in [0.5, 0.6) is 0 Å². The highest BCUT2D eigenvalue weighted by atomic mass is 16.2. The molecule has 1 aliphatic rings. The highest BCUT2D eigenvalue weighted by molar-refractivity contribution is 6.48. The van der Waals surface area contributed by atoms with Crippen LogP contribution in [0.15, 0.2) is 59.9 Å². The fraction of sp³-hybridized carbons (Fsp3) is 0. The number of Topliss-reactive ketones (excluding diaryl/α,β-unsaturated/α-hetero) is 1. The summed E-state index contributed by atoms with van der Waals surface area (Å²) in [4.78, 5) is 29.1. The number of benzene rings is 1. The molecule has 1 amide bonds. The summed E-state index contributed by atoms with van der Waals surface area (Å²) in [7, 11) is 0. The van der Waals surface area contributed by atoms with Crippen LogP contribution < -0.4 is 10.6 Å². The third kappa shape index (κ3) is 2.95. The molecule has 1 aromatic heterocycles. The lowest BCUT2D eigenvalue weighted by Crippen LogP contribution is -2.33. The molecule has 2 aromatic rings. The van der Waals surface area contributed by atoms with E-state index in [9.17, 15) is 9.59 Å². The van der Waals surface area contributed by atoms with Crippen LogP contribution in [0.25, 0.3) is 6.08 Å². The minimum atomic E-state index is -0.686. The van der Waals surface area contributed by atoms with E-state index in [-0.39, 0.29) is 0 Å². The Morgan fingerprint density at radius 1 is 0.833 bits per heavy atom. The number of pyridine rings is 1. The Labute approximate surface area is 103 Å². The number of para-hydroxylation sites is 1. The second-order valence-corrected chi connectivity index (χ2v) is 3.51. The summed E-state index contributed by atoms with van der Waals surface area (Å²) in [6, 6.07) is 12.7. The zero-order valence-corrected chi connectivity index (χ0v) is 9.48. The lowest BCUT2D eigenvalue weighted by Gasteiger charge is -1.95. The van der Waals surface area contributed by atoms with E-state index in [1.54, 1.807) is 36.7 Å². The minimum Gasteiger partial charge on any atom is -0.284 e. The van der Waals surface area contributed by atoms with Gasteiger partial charge in [0.25, 0.3) is 0 Å². The smallest absolute Gasteiger partial charge is 0.284 e. The molecule has 0 spiro atoms. The van der Waals surface area contributed by atoms with Crippen LogP contribution in [0, 0.1) is 0 Å². The molecular weight excluding hydrogens is 228 g/mol. The number of hydrogen-bond donors (Lipinski definition) is 0. The van der Waals surface area contributed by atoms with Gasteiger partial charge >= 0.3 is 5.91 Å². The van der Waals surface area contributed by atoms with Crippen LogP contribution in [0.1, 0.15) is 0 Å². The standard InChI is InChI=1S/C9H5NO2.C5H5N/c11-8-5-6-3-1-2-4-7(6)10-9(8)12;1-2-4-6-5-3-1/h1-5H;1-5H. The Bertz CT molecular complexity index is 607. The van der Waals surface area contributed by atoms with E-state index in [4.69, 9.17) is 0 Å². The monoisotopic (exact) mass is 238 g/mol. The summed E-state index contributed by atoms with van der Waals surface area (Å²) < 4.78 is 0. The third-order valence-electron chi connectivity index (χ3n) is 2.22. The molecule has 88 valence electrons. The normalized spacial score (nSPS) is 12.4. The highest BCUT2D eigenvalue weighted by Gasteiger charge is 2.11. The number of carbonyl (C=O) groups is 2. The molecule has 2 heterocycles. The highest BCUT2D eigenvalue weighted by Crippen LogP contribution is 1.84. The van der Waals surface area contributed by atoms with Crippen molar-refractivity contribution in [2.24, 2.45) is 4.99 Å². The maximum Gasteiger partial charge on any atom is 0.317 e. The first-order valence-electron chi connectivity index (χ1n) is 5.36. The fourth-order valence-electron chi connectivity index (χ4n) is 1.39. The quantitative estimate of drug-likeness (QED) is 0.619. The van der Waals surface area contributed by atoms with Crippen molar-refractivity contribution in [1.29, 1.82) is 0 Å². The van der Waals surface area contributed by atoms with Crippen molar-refractivity contribution in [3.63, 3.8) is 0 Å². The Hall–Kier alpha value is -2.62. The van der Waals surface area contributed by atoms with Gasteiger partial charge in [0.2, 0.25) is 5.78 Å². The van der Waals surface area contributed by atoms with Crippen molar-refractivity contribution < 1.29 is 9.59 Å².